The molecule has 1 saturated carbocycles. The van der Waals surface area contributed by atoms with Gasteiger partial charge in [-0.2, -0.15) is 0 Å². The van der Waals surface area contributed by atoms with E-state index in [9.17, 15) is 4.79 Å². The lowest BCUT2D eigenvalue weighted by molar-refractivity contribution is 0.0207. The van der Waals surface area contributed by atoms with Crippen LogP contribution in [0.4, 0.5) is 10.5 Å². The molecule has 1 fully saturated rings. The summed E-state index contributed by atoms with van der Waals surface area (Å²) in [5, 5.41) is 7.61. The van der Waals surface area contributed by atoms with Gasteiger partial charge in [0, 0.05) is 30.3 Å². The molecule has 0 bridgehead atoms. The largest absolute Gasteiger partial charge is 0.514 e. The molecule has 0 atom stereocenters. The Labute approximate surface area is 266 Å². The Kier molecular flexibility index (Phi) is 10.2. The van der Waals surface area contributed by atoms with Crippen LogP contribution in [0.2, 0.25) is 0 Å². The normalized spacial score (nSPS) is 13.9. The molecule has 0 spiro atoms. The fourth-order valence-electron chi connectivity index (χ4n) is 5.68. The van der Waals surface area contributed by atoms with Gasteiger partial charge in [-0.3, -0.25) is 0 Å². The van der Waals surface area contributed by atoms with E-state index in [0.29, 0.717) is 23.4 Å². The molecule has 0 amide bonds. The molecule has 0 aliphatic heterocycles. The van der Waals surface area contributed by atoms with Gasteiger partial charge in [-0.15, -0.1) is 0 Å². The molecule has 0 saturated heterocycles. The van der Waals surface area contributed by atoms with Crippen molar-refractivity contribution < 1.29 is 14.3 Å². The lowest BCUT2D eigenvalue weighted by Gasteiger charge is -2.24. The van der Waals surface area contributed by atoms with Crippen molar-refractivity contribution in [3.8, 4) is 16.9 Å². The summed E-state index contributed by atoms with van der Waals surface area (Å²) in [4.78, 5) is 17.4. The number of hydrogen-bond acceptors (Lipinski definition) is 5. The Balaban J connectivity index is 1.35. The number of thiocarbonyl (C=S) groups is 1. The standard InChI is InChI=1S/C36H44N4O3S/c1-5-6-16-33-39-30-22-21-28(38-34(44)37-27-12-8-7-9-13-27)23-31(30)40(33)24-25-17-19-26(20-18-25)29-14-10-11-15-32(29)42-35(41)43-36(2,3)4/h10-11,14-15,17-23,27H,5-9,12-13,16,24H2,1-4H3,(H2,37,38,44). The summed E-state index contributed by atoms with van der Waals surface area (Å²) in [6, 6.07) is 22.7. The van der Waals surface area contributed by atoms with E-state index < -0.39 is 11.8 Å². The average molecular weight is 613 g/mol. The summed E-state index contributed by atoms with van der Waals surface area (Å²) < 4.78 is 13.3. The van der Waals surface area contributed by atoms with Crippen LogP contribution in [0.5, 0.6) is 5.75 Å². The Bertz CT molecular complexity index is 1580. The molecular weight excluding hydrogens is 568 g/mol. The topological polar surface area (TPSA) is 77.4 Å². The van der Waals surface area contributed by atoms with Gasteiger partial charge in [0.25, 0.3) is 0 Å². The van der Waals surface area contributed by atoms with E-state index in [0.717, 1.165) is 58.5 Å². The van der Waals surface area contributed by atoms with Gasteiger partial charge in [-0.1, -0.05) is 75.1 Å². The molecule has 2 N–H and O–H groups in total. The molecule has 4 aromatic rings. The number of unbranched alkanes of at least 4 members (excludes halogenated alkanes) is 1. The highest BCUT2D eigenvalue weighted by Gasteiger charge is 2.20. The summed E-state index contributed by atoms with van der Waals surface area (Å²) in [5.41, 5.74) is 5.35. The van der Waals surface area contributed by atoms with Crippen molar-refractivity contribution in [3.05, 3.63) is 78.1 Å². The SMILES string of the molecule is CCCCc1nc2ccc(NC(=S)NC3CCCCC3)cc2n1Cc1ccc(-c2ccccc2OC(=O)OC(C)(C)C)cc1. The van der Waals surface area contributed by atoms with Gasteiger partial charge in [0.2, 0.25) is 0 Å². The van der Waals surface area contributed by atoms with Gasteiger partial charge in [0.05, 0.1) is 11.0 Å². The maximum absolute atomic E-state index is 12.4. The third kappa shape index (κ3) is 8.38. The summed E-state index contributed by atoms with van der Waals surface area (Å²) in [6.07, 6.45) is 8.59. The van der Waals surface area contributed by atoms with Crippen LogP contribution in [-0.2, 0) is 17.7 Å². The fraction of sp³-hybridized carbons (Fsp3) is 0.417. The van der Waals surface area contributed by atoms with Gasteiger partial charge in [-0.05, 0) is 87.6 Å². The second kappa shape index (κ2) is 14.2. The zero-order valence-corrected chi connectivity index (χ0v) is 27.1. The van der Waals surface area contributed by atoms with E-state index in [2.05, 4.69) is 64.6 Å². The van der Waals surface area contributed by atoms with Crippen molar-refractivity contribution in [1.82, 2.24) is 14.9 Å². The quantitative estimate of drug-likeness (QED) is 0.111. The lowest BCUT2D eigenvalue weighted by Crippen LogP contribution is -2.38. The van der Waals surface area contributed by atoms with Crippen LogP contribution >= 0.6 is 12.2 Å². The number of hydrogen-bond donors (Lipinski definition) is 2. The van der Waals surface area contributed by atoms with Crippen LogP contribution in [0.25, 0.3) is 22.2 Å². The summed E-state index contributed by atoms with van der Waals surface area (Å²) in [6.45, 7) is 8.35. The summed E-state index contributed by atoms with van der Waals surface area (Å²) >= 11 is 5.67. The highest BCUT2D eigenvalue weighted by Crippen LogP contribution is 2.31. The Hall–Kier alpha value is -3.91. The van der Waals surface area contributed by atoms with Crippen LogP contribution in [-0.4, -0.2) is 32.5 Å². The third-order valence-corrected chi connectivity index (χ3v) is 8.07. The minimum Gasteiger partial charge on any atom is -0.428 e. The molecule has 1 heterocycles. The minimum atomic E-state index is -0.715. The van der Waals surface area contributed by atoms with Crippen LogP contribution < -0.4 is 15.4 Å². The van der Waals surface area contributed by atoms with E-state index in [1.54, 1.807) is 6.07 Å². The second-order valence-electron chi connectivity index (χ2n) is 12.6. The third-order valence-electron chi connectivity index (χ3n) is 7.85. The molecule has 3 aromatic carbocycles. The average Bonchev–Trinajstić information content (AvgIpc) is 3.32. The zero-order valence-electron chi connectivity index (χ0n) is 26.3. The first kappa shape index (κ1) is 31.5. The molecule has 232 valence electrons. The summed E-state index contributed by atoms with van der Waals surface area (Å²) in [5.74, 6) is 1.55. The van der Waals surface area contributed by atoms with Crippen LogP contribution in [0, 0.1) is 0 Å². The zero-order chi connectivity index (χ0) is 31.1. The monoisotopic (exact) mass is 612 g/mol. The first-order chi connectivity index (χ1) is 21.2. The molecule has 1 aliphatic rings. The van der Waals surface area contributed by atoms with E-state index >= 15 is 0 Å². The Morgan fingerprint density at radius 2 is 1.77 bits per heavy atom. The first-order valence-electron chi connectivity index (χ1n) is 15.8. The number of nitrogens with one attached hydrogen (secondary N) is 2. The molecule has 8 heteroatoms. The number of rotatable bonds is 9. The van der Waals surface area contributed by atoms with Crippen molar-refractivity contribution in [2.45, 2.75) is 97.2 Å². The molecule has 0 unspecified atom stereocenters. The molecule has 0 radical (unpaired) electrons. The number of ether oxygens (including phenoxy) is 2. The summed E-state index contributed by atoms with van der Waals surface area (Å²) in [7, 11) is 0. The fourth-order valence-corrected chi connectivity index (χ4v) is 5.96. The number of fused-ring (bicyclic) bond motifs is 1. The second-order valence-corrected chi connectivity index (χ2v) is 13.0. The van der Waals surface area contributed by atoms with Crippen molar-refractivity contribution in [2.24, 2.45) is 0 Å². The van der Waals surface area contributed by atoms with E-state index in [1.165, 1.54) is 32.1 Å². The van der Waals surface area contributed by atoms with Gasteiger partial charge in [0.15, 0.2) is 5.11 Å². The first-order valence-corrected chi connectivity index (χ1v) is 16.2. The smallest absolute Gasteiger partial charge is 0.428 e. The molecule has 44 heavy (non-hydrogen) atoms. The minimum absolute atomic E-state index is 0.456. The molecule has 1 aliphatic carbocycles. The highest BCUT2D eigenvalue weighted by molar-refractivity contribution is 7.80. The number of aromatic nitrogens is 2. The van der Waals surface area contributed by atoms with Crippen molar-refractivity contribution in [2.75, 3.05) is 5.32 Å². The number of para-hydroxylation sites is 1. The Morgan fingerprint density at radius 1 is 1.02 bits per heavy atom. The van der Waals surface area contributed by atoms with E-state index in [-0.39, 0.29) is 0 Å². The maximum Gasteiger partial charge on any atom is 0.514 e. The number of benzene rings is 3. The number of imidazole rings is 1. The number of nitrogens with zero attached hydrogens (tertiary/aromatic N) is 2. The van der Waals surface area contributed by atoms with E-state index in [4.69, 9.17) is 26.7 Å². The van der Waals surface area contributed by atoms with Crippen molar-refractivity contribution in [3.63, 3.8) is 0 Å². The number of carbonyl (C=O) groups is 1. The van der Waals surface area contributed by atoms with Crippen molar-refractivity contribution >= 4 is 40.2 Å². The number of aryl methyl sites for hydroxylation is 1. The van der Waals surface area contributed by atoms with Gasteiger partial charge < -0.3 is 24.7 Å². The molecular formula is C36H44N4O3S. The van der Waals surface area contributed by atoms with Gasteiger partial charge in [-0.25, -0.2) is 9.78 Å². The molecule has 7 nitrogen and oxygen atoms in total. The van der Waals surface area contributed by atoms with Crippen LogP contribution in [0.15, 0.2) is 66.7 Å². The lowest BCUT2D eigenvalue weighted by atomic mass is 9.96. The van der Waals surface area contributed by atoms with Crippen molar-refractivity contribution in [1.29, 1.82) is 0 Å². The maximum atomic E-state index is 12.4. The van der Waals surface area contributed by atoms with Gasteiger partial charge >= 0.3 is 6.16 Å². The van der Waals surface area contributed by atoms with Gasteiger partial charge in [0.1, 0.15) is 17.2 Å². The van der Waals surface area contributed by atoms with Crippen LogP contribution in [0.1, 0.15) is 84.0 Å². The Morgan fingerprint density at radius 3 is 2.50 bits per heavy atom. The number of carbonyl (C=O) groups excluding carboxylic acids is 1. The van der Waals surface area contributed by atoms with Crippen LogP contribution in [0.3, 0.4) is 0 Å². The van der Waals surface area contributed by atoms with E-state index in [1.807, 2.05) is 39.0 Å². The highest BCUT2D eigenvalue weighted by atomic mass is 32.1. The predicted octanol–water partition coefficient (Wildman–Crippen LogP) is 9.03. The molecule has 1 aromatic heterocycles. The molecule has 5 rings (SSSR count). The predicted molar refractivity (Wildman–Crippen MR) is 182 cm³/mol. The number of anilines is 1.